The van der Waals surface area contributed by atoms with Crippen molar-refractivity contribution in [3.8, 4) is 0 Å². The number of nitrogens with one attached hydrogen (secondary N) is 1. The van der Waals surface area contributed by atoms with Gasteiger partial charge in [0, 0.05) is 12.7 Å². The summed E-state index contributed by atoms with van der Waals surface area (Å²) in [5.74, 6) is 0. The first-order chi connectivity index (χ1) is 5.25. The molecule has 1 aromatic heterocycles. The fourth-order valence-corrected chi connectivity index (χ4v) is 0.980. The lowest BCUT2D eigenvalue weighted by Gasteiger charge is -1.98. The minimum atomic E-state index is -0.197. The van der Waals surface area contributed by atoms with Crippen LogP contribution in [0.4, 0.5) is 0 Å². The van der Waals surface area contributed by atoms with Crippen LogP contribution in [0.15, 0.2) is 29.7 Å². The van der Waals surface area contributed by atoms with Gasteiger partial charge < -0.3 is 4.98 Å². The zero-order valence-electron chi connectivity index (χ0n) is 5.91. The van der Waals surface area contributed by atoms with E-state index in [9.17, 15) is 4.79 Å². The third-order valence-electron chi connectivity index (χ3n) is 1.26. The van der Waals surface area contributed by atoms with Crippen LogP contribution in [0.3, 0.4) is 0 Å². The van der Waals surface area contributed by atoms with E-state index in [1.807, 2.05) is 0 Å². The SMILES string of the molecule is C=CCn1c(=S)cc[nH]c1=O. The summed E-state index contributed by atoms with van der Waals surface area (Å²) < 4.78 is 1.95. The van der Waals surface area contributed by atoms with E-state index in [-0.39, 0.29) is 5.69 Å². The molecule has 0 aromatic carbocycles. The minimum absolute atomic E-state index is 0.197. The molecule has 0 aliphatic heterocycles. The van der Waals surface area contributed by atoms with Gasteiger partial charge in [0.15, 0.2) is 0 Å². The lowest BCUT2D eigenvalue weighted by atomic mass is 10.5. The van der Waals surface area contributed by atoms with Gasteiger partial charge in [0.2, 0.25) is 0 Å². The average molecular weight is 168 g/mol. The van der Waals surface area contributed by atoms with Crippen LogP contribution in [0.1, 0.15) is 0 Å². The zero-order chi connectivity index (χ0) is 8.27. The van der Waals surface area contributed by atoms with E-state index in [1.54, 1.807) is 12.1 Å². The van der Waals surface area contributed by atoms with Crippen molar-refractivity contribution in [1.82, 2.24) is 9.55 Å². The van der Waals surface area contributed by atoms with Crippen LogP contribution >= 0.6 is 12.2 Å². The highest BCUT2D eigenvalue weighted by atomic mass is 32.1. The van der Waals surface area contributed by atoms with Crippen molar-refractivity contribution in [2.45, 2.75) is 6.54 Å². The molecule has 0 fully saturated rings. The lowest BCUT2D eigenvalue weighted by molar-refractivity contribution is 0.733. The number of aromatic nitrogens is 2. The largest absolute Gasteiger partial charge is 0.326 e. The van der Waals surface area contributed by atoms with Gasteiger partial charge in [-0.25, -0.2) is 4.79 Å². The van der Waals surface area contributed by atoms with Gasteiger partial charge in [-0.3, -0.25) is 4.57 Å². The Hall–Kier alpha value is -1.16. The smallest absolute Gasteiger partial charge is 0.314 e. The molecule has 0 aliphatic carbocycles. The van der Waals surface area contributed by atoms with Gasteiger partial charge in [-0.05, 0) is 6.07 Å². The molecule has 1 N–H and O–H groups in total. The van der Waals surface area contributed by atoms with Gasteiger partial charge in [-0.2, -0.15) is 0 Å². The van der Waals surface area contributed by atoms with E-state index in [0.29, 0.717) is 11.2 Å². The third-order valence-corrected chi connectivity index (χ3v) is 1.61. The monoisotopic (exact) mass is 168 g/mol. The van der Waals surface area contributed by atoms with E-state index < -0.39 is 0 Å². The van der Waals surface area contributed by atoms with Crippen LogP contribution in [0.5, 0.6) is 0 Å². The molecule has 0 radical (unpaired) electrons. The van der Waals surface area contributed by atoms with E-state index >= 15 is 0 Å². The molecular formula is C7H8N2OS. The van der Waals surface area contributed by atoms with Crippen molar-refractivity contribution in [2.75, 3.05) is 0 Å². The Kier molecular flexibility index (Phi) is 2.38. The Bertz CT molecular complexity index is 335. The normalized spacial score (nSPS) is 9.45. The molecular weight excluding hydrogens is 160 g/mol. The number of nitrogens with zero attached hydrogens (tertiary/aromatic N) is 1. The molecule has 1 aromatic rings. The number of allylic oxidation sites excluding steroid dienone is 1. The second-order valence-corrected chi connectivity index (χ2v) is 2.44. The molecule has 0 unspecified atom stereocenters. The van der Waals surface area contributed by atoms with Crippen LogP contribution in [-0.4, -0.2) is 9.55 Å². The number of hydrogen-bond acceptors (Lipinski definition) is 2. The summed E-state index contributed by atoms with van der Waals surface area (Å²) in [4.78, 5) is 13.5. The Morgan fingerprint density at radius 3 is 3.09 bits per heavy atom. The summed E-state index contributed by atoms with van der Waals surface area (Å²) >= 11 is 4.90. The van der Waals surface area contributed by atoms with Gasteiger partial charge >= 0.3 is 5.69 Å². The lowest BCUT2D eigenvalue weighted by Crippen LogP contribution is -2.21. The van der Waals surface area contributed by atoms with Crippen LogP contribution in [0.2, 0.25) is 0 Å². The quantitative estimate of drug-likeness (QED) is 0.530. The predicted octanol–water partition coefficient (Wildman–Crippen LogP) is 1.09. The first-order valence-corrected chi connectivity index (χ1v) is 3.56. The standard InChI is InChI=1S/C7H8N2OS/c1-2-5-9-6(11)3-4-8-7(9)10/h2-4H,1,5H2,(H,8,10). The molecule has 1 rings (SSSR count). The molecule has 11 heavy (non-hydrogen) atoms. The third kappa shape index (κ3) is 1.65. The number of H-pyrrole nitrogens is 1. The highest BCUT2D eigenvalue weighted by Crippen LogP contribution is 1.85. The fraction of sp³-hybridized carbons (Fsp3) is 0.143. The Morgan fingerprint density at radius 1 is 1.82 bits per heavy atom. The fourth-order valence-electron chi connectivity index (χ4n) is 0.754. The van der Waals surface area contributed by atoms with Crippen molar-refractivity contribution in [2.24, 2.45) is 0 Å². The molecule has 0 saturated heterocycles. The maximum atomic E-state index is 11.0. The van der Waals surface area contributed by atoms with Gasteiger partial charge in [0.1, 0.15) is 4.64 Å². The number of hydrogen-bond donors (Lipinski definition) is 1. The summed E-state index contributed by atoms with van der Waals surface area (Å²) in [5, 5.41) is 0. The molecule has 0 aliphatic rings. The van der Waals surface area contributed by atoms with Crippen molar-refractivity contribution < 1.29 is 0 Å². The molecule has 4 heteroatoms. The van der Waals surface area contributed by atoms with Crippen molar-refractivity contribution in [1.29, 1.82) is 0 Å². The zero-order valence-corrected chi connectivity index (χ0v) is 6.73. The van der Waals surface area contributed by atoms with Crippen molar-refractivity contribution in [3.05, 3.63) is 40.0 Å². The first kappa shape index (κ1) is 7.94. The molecule has 1 heterocycles. The maximum Gasteiger partial charge on any atom is 0.326 e. The molecule has 0 amide bonds. The van der Waals surface area contributed by atoms with Crippen molar-refractivity contribution in [3.63, 3.8) is 0 Å². The first-order valence-electron chi connectivity index (χ1n) is 3.15. The molecule has 58 valence electrons. The van der Waals surface area contributed by atoms with Crippen LogP contribution < -0.4 is 5.69 Å². The summed E-state index contributed by atoms with van der Waals surface area (Å²) in [6, 6.07) is 1.67. The summed E-state index contributed by atoms with van der Waals surface area (Å²) in [7, 11) is 0. The molecule has 0 bridgehead atoms. The summed E-state index contributed by atoms with van der Waals surface area (Å²) in [5.41, 5.74) is -0.197. The average Bonchev–Trinajstić information content (AvgIpc) is 1.97. The molecule has 3 nitrogen and oxygen atoms in total. The highest BCUT2D eigenvalue weighted by molar-refractivity contribution is 7.71. The van der Waals surface area contributed by atoms with Gasteiger partial charge in [0.25, 0.3) is 0 Å². The van der Waals surface area contributed by atoms with Crippen molar-refractivity contribution >= 4 is 12.2 Å². The predicted molar refractivity (Wildman–Crippen MR) is 46.1 cm³/mol. The topological polar surface area (TPSA) is 37.8 Å². The van der Waals surface area contributed by atoms with E-state index in [4.69, 9.17) is 12.2 Å². The van der Waals surface area contributed by atoms with E-state index in [1.165, 1.54) is 10.8 Å². The summed E-state index contributed by atoms with van der Waals surface area (Å²) in [6.45, 7) is 3.97. The maximum absolute atomic E-state index is 11.0. The van der Waals surface area contributed by atoms with Gasteiger partial charge in [0.05, 0.1) is 0 Å². The molecule has 0 saturated carbocycles. The second kappa shape index (κ2) is 3.30. The Morgan fingerprint density at radius 2 is 2.55 bits per heavy atom. The van der Waals surface area contributed by atoms with Gasteiger partial charge in [-0.1, -0.05) is 18.3 Å². The van der Waals surface area contributed by atoms with Crippen LogP contribution in [0, 0.1) is 4.64 Å². The Labute approximate surface area is 69.0 Å². The molecule has 0 spiro atoms. The second-order valence-electron chi connectivity index (χ2n) is 2.02. The van der Waals surface area contributed by atoms with Gasteiger partial charge in [-0.15, -0.1) is 6.58 Å². The van der Waals surface area contributed by atoms with Crippen LogP contribution in [0.25, 0.3) is 0 Å². The van der Waals surface area contributed by atoms with E-state index in [0.717, 1.165) is 0 Å². The molecule has 0 atom stereocenters. The highest BCUT2D eigenvalue weighted by Gasteiger charge is 1.91. The number of rotatable bonds is 2. The summed E-state index contributed by atoms with van der Waals surface area (Å²) in [6.07, 6.45) is 3.16. The van der Waals surface area contributed by atoms with Crippen LogP contribution in [-0.2, 0) is 6.54 Å². The Balaban J connectivity index is 3.32. The minimum Gasteiger partial charge on any atom is -0.314 e. The number of aromatic amines is 1. The van der Waals surface area contributed by atoms with E-state index in [2.05, 4.69) is 11.6 Å².